The minimum atomic E-state index is -1.43. The van der Waals surface area contributed by atoms with Gasteiger partial charge < -0.3 is 19.9 Å². The Bertz CT molecular complexity index is 1110. The van der Waals surface area contributed by atoms with Gasteiger partial charge in [0.05, 0.1) is 6.20 Å². The van der Waals surface area contributed by atoms with E-state index in [2.05, 4.69) is 4.98 Å². The summed E-state index contributed by atoms with van der Waals surface area (Å²) in [6, 6.07) is 6.07. The Morgan fingerprint density at radius 1 is 1.16 bits per heavy atom. The van der Waals surface area contributed by atoms with Crippen molar-refractivity contribution < 1.29 is 33.0 Å². The fraction of sp³-hybridized carbons (Fsp3) is 0.350. The Morgan fingerprint density at radius 3 is 2.34 bits per heavy atom. The van der Waals surface area contributed by atoms with Gasteiger partial charge in [0.25, 0.3) is 0 Å². The number of hydrogen-bond donors (Lipinski definition) is 1. The number of esters is 2. The van der Waals surface area contributed by atoms with Crippen LogP contribution in [0.2, 0.25) is 5.02 Å². The summed E-state index contributed by atoms with van der Waals surface area (Å²) < 4.78 is 31.0. The zero-order valence-electron chi connectivity index (χ0n) is 17.0. The lowest BCUT2D eigenvalue weighted by molar-refractivity contribution is -0.165. The number of anilines is 1. The second-order valence-corrected chi connectivity index (χ2v) is 7.45. The Labute approximate surface area is 186 Å². The van der Waals surface area contributed by atoms with E-state index in [1.54, 1.807) is 0 Å². The largest absolute Gasteiger partial charge is 0.456 e. The summed E-state index contributed by atoms with van der Waals surface area (Å²) in [6.45, 7) is 2.21. The summed E-state index contributed by atoms with van der Waals surface area (Å²) in [5.41, 5.74) is 4.64. The minimum absolute atomic E-state index is 0.298. The molecule has 1 aromatic heterocycles. The first-order valence-electron chi connectivity index (χ1n) is 9.39. The molecular formula is C20H19ClFN3O7. The smallest absolute Gasteiger partial charge is 0.351 e. The molecule has 0 unspecified atom stereocenters. The van der Waals surface area contributed by atoms with E-state index in [1.807, 2.05) is 0 Å². The van der Waals surface area contributed by atoms with Crippen LogP contribution in [0.3, 0.4) is 0 Å². The molecule has 3 rings (SSSR count). The van der Waals surface area contributed by atoms with Crippen molar-refractivity contribution in [2.24, 2.45) is 0 Å². The first-order valence-corrected chi connectivity index (χ1v) is 9.77. The van der Waals surface area contributed by atoms with E-state index in [0.29, 0.717) is 10.6 Å². The number of hydrogen-bond acceptors (Lipinski definition) is 9. The van der Waals surface area contributed by atoms with Gasteiger partial charge >= 0.3 is 17.6 Å². The number of nitrogens with zero attached hydrogens (tertiary/aromatic N) is 2. The fourth-order valence-corrected chi connectivity index (χ4v) is 3.45. The van der Waals surface area contributed by atoms with Gasteiger partial charge in [-0.1, -0.05) is 11.6 Å². The van der Waals surface area contributed by atoms with E-state index < -0.39 is 53.8 Å². The van der Waals surface area contributed by atoms with Gasteiger partial charge in [0, 0.05) is 30.9 Å². The molecule has 0 amide bonds. The summed E-state index contributed by atoms with van der Waals surface area (Å²) in [5, 5.41) is 0.434. The van der Waals surface area contributed by atoms with Gasteiger partial charge in [0.1, 0.15) is 6.10 Å². The minimum Gasteiger partial charge on any atom is -0.456 e. The number of Topliss-reactive ketones (excluding diaryl/α,β-unsaturated/α-hetero) is 1. The van der Waals surface area contributed by atoms with Crippen molar-refractivity contribution in [1.29, 1.82) is 0 Å². The summed E-state index contributed by atoms with van der Waals surface area (Å²) >= 11 is 5.84. The molecular weight excluding hydrogens is 449 g/mol. The number of halogens is 2. The molecule has 0 radical (unpaired) electrons. The topological polar surface area (TPSA) is 140 Å². The van der Waals surface area contributed by atoms with Crippen molar-refractivity contribution in [3.8, 4) is 0 Å². The SMILES string of the molecule is CC(=O)O[C@@H]1[C@H](OC(C)=O)[C@@H](CC(=O)c2ccc(Cl)cc2)O[C@H]1n1cc(F)c(N)nc1=O. The molecule has 4 atom stereocenters. The number of nitrogen functional groups attached to an aromatic ring is 1. The molecule has 0 aliphatic carbocycles. The fourth-order valence-electron chi connectivity index (χ4n) is 3.32. The van der Waals surface area contributed by atoms with Crippen LogP contribution in [0.1, 0.15) is 36.9 Å². The number of ether oxygens (including phenoxy) is 3. The molecule has 2 N–H and O–H groups in total. The molecule has 170 valence electrons. The number of ketones is 1. The molecule has 1 fully saturated rings. The number of aromatic nitrogens is 2. The average Bonchev–Trinajstić information content (AvgIpc) is 3.01. The van der Waals surface area contributed by atoms with Crippen LogP contribution in [0.5, 0.6) is 0 Å². The predicted molar refractivity (Wildman–Crippen MR) is 108 cm³/mol. The third kappa shape index (κ3) is 5.11. The van der Waals surface area contributed by atoms with Gasteiger partial charge in [0.15, 0.2) is 35.9 Å². The molecule has 1 aliphatic rings. The van der Waals surface area contributed by atoms with E-state index in [9.17, 15) is 23.6 Å². The highest BCUT2D eigenvalue weighted by Gasteiger charge is 2.51. The van der Waals surface area contributed by atoms with E-state index in [1.165, 1.54) is 24.3 Å². The summed E-state index contributed by atoms with van der Waals surface area (Å²) in [6.07, 6.45) is -4.73. The molecule has 1 aromatic carbocycles. The van der Waals surface area contributed by atoms with Crippen LogP contribution in [0.25, 0.3) is 0 Å². The van der Waals surface area contributed by atoms with Crippen molar-refractivity contribution in [2.45, 2.75) is 44.8 Å². The highest BCUT2D eigenvalue weighted by atomic mass is 35.5. The molecule has 1 saturated heterocycles. The van der Waals surface area contributed by atoms with Gasteiger partial charge in [0.2, 0.25) is 0 Å². The van der Waals surface area contributed by atoms with E-state index in [-0.39, 0.29) is 12.2 Å². The van der Waals surface area contributed by atoms with Crippen molar-refractivity contribution in [3.05, 3.63) is 57.3 Å². The van der Waals surface area contributed by atoms with E-state index >= 15 is 0 Å². The standard InChI is InChI=1S/C20H19ClFN3O7/c1-9(26)30-16-15(7-14(28)11-3-5-12(21)6-4-11)32-19(17(16)31-10(2)27)25-8-13(22)18(23)24-20(25)29/h3-6,8,15-17,19H,7H2,1-2H3,(H2,23,24,29)/t15-,16-,17-,19-/m1/s1. The summed E-state index contributed by atoms with van der Waals surface area (Å²) in [5.74, 6) is -3.55. The third-order valence-corrected chi connectivity index (χ3v) is 4.90. The zero-order chi connectivity index (χ0) is 23.6. The maximum absolute atomic E-state index is 14.0. The Morgan fingerprint density at radius 2 is 1.75 bits per heavy atom. The van der Waals surface area contributed by atoms with Gasteiger partial charge in [-0.05, 0) is 24.3 Å². The van der Waals surface area contributed by atoms with Gasteiger partial charge in [-0.2, -0.15) is 4.98 Å². The average molecular weight is 468 g/mol. The van der Waals surface area contributed by atoms with Crippen LogP contribution in [-0.4, -0.2) is 45.6 Å². The predicted octanol–water partition coefficient (Wildman–Crippen LogP) is 1.65. The lowest BCUT2D eigenvalue weighted by atomic mass is 10.0. The monoisotopic (exact) mass is 467 g/mol. The lowest BCUT2D eigenvalue weighted by Crippen LogP contribution is -2.41. The van der Waals surface area contributed by atoms with Crippen LogP contribution >= 0.6 is 11.6 Å². The first kappa shape index (κ1) is 23.4. The second-order valence-electron chi connectivity index (χ2n) is 7.01. The Balaban J connectivity index is 1.98. The van der Waals surface area contributed by atoms with Crippen LogP contribution in [0.15, 0.2) is 35.3 Å². The first-order chi connectivity index (χ1) is 15.1. The molecule has 2 heterocycles. The lowest BCUT2D eigenvalue weighted by Gasteiger charge is -2.24. The molecule has 32 heavy (non-hydrogen) atoms. The summed E-state index contributed by atoms with van der Waals surface area (Å²) in [7, 11) is 0. The molecule has 1 aliphatic heterocycles. The van der Waals surface area contributed by atoms with Crippen molar-refractivity contribution >= 4 is 35.1 Å². The van der Waals surface area contributed by atoms with Crippen LogP contribution in [0, 0.1) is 5.82 Å². The van der Waals surface area contributed by atoms with Gasteiger partial charge in [-0.3, -0.25) is 19.0 Å². The maximum atomic E-state index is 14.0. The molecule has 0 bridgehead atoms. The Kier molecular flexibility index (Phi) is 6.90. The summed E-state index contributed by atoms with van der Waals surface area (Å²) in [4.78, 5) is 51.8. The molecule has 2 aromatic rings. The zero-order valence-corrected chi connectivity index (χ0v) is 17.7. The third-order valence-electron chi connectivity index (χ3n) is 4.65. The number of benzene rings is 1. The molecule has 10 nitrogen and oxygen atoms in total. The number of nitrogens with two attached hydrogens (primary N) is 1. The van der Waals surface area contributed by atoms with Crippen molar-refractivity contribution in [2.75, 3.05) is 5.73 Å². The van der Waals surface area contributed by atoms with Crippen molar-refractivity contribution in [3.63, 3.8) is 0 Å². The quantitative estimate of drug-likeness (QED) is 0.496. The number of carbonyl (C=O) groups is 3. The normalized spacial score (nSPS) is 22.4. The maximum Gasteiger partial charge on any atom is 0.351 e. The number of carbonyl (C=O) groups excluding carboxylic acids is 3. The van der Waals surface area contributed by atoms with Crippen molar-refractivity contribution in [1.82, 2.24) is 9.55 Å². The molecule has 0 spiro atoms. The van der Waals surface area contributed by atoms with Crippen LogP contribution in [0.4, 0.5) is 10.2 Å². The van der Waals surface area contributed by atoms with Gasteiger partial charge in [-0.25, -0.2) is 9.18 Å². The molecule has 0 saturated carbocycles. The van der Waals surface area contributed by atoms with E-state index in [4.69, 9.17) is 31.5 Å². The highest BCUT2D eigenvalue weighted by molar-refractivity contribution is 6.30. The van der Waals surface area contributed by atoms with Crippen LogP contribution < -0.4 is 11.4 Å². The highest BCUT2D eigenvalue weighted by Crippen LogP contribution is 2.35. The van der Waals surface area contributed by atoms with Gasteiger partial charge in [-0.15, -0.1) is 0 Å². The second kappa shape index (κ2) is 9.45. The Hall–Kier alpha value is -3.31. The van der Waals surface area contributed by atoms with E-state index in [0.717, 1.165) is 24.6 Å². The molecule has 12 heteroatoms. The van der Waals surface area contributed by atoms with Crippen LogP contribution in [-0.2, 0) is 23.8 Å². The number of rotatable bonds is 6.